The van der Waals surface area contributed by atoms with Crippen LogP contribution in [0.15, 0.2) is 36.4 Å². The normalized spacial score (nSPS) is 16.0. The van der Waals surface area contributed by atoms with Crippen LogP contribution >= 0.6 is 0 Å². The molecule has 0 spiro atoms. The molecular weight excluding hydrogens is 414 g/mol. The third-order valence-corrected chi connectivity index (χ3v) is 7.11. The number of benzene rings is 2. The Balaban J connectivity index is 1.62. The van der Waals surface area contributed by atoms with Gasteiger partial charge in [0.2, 0.25) is 10.0 Å². The van der Waals surface area contributed by atoms with Crippen molar-refractivity contribution in [3.05, 3.63) is 53.2 Å². The van der Waals surface area contributed by atoms with Crippen LogP contribution in [0.25, 0.3) is 10.9 Å². The van der Waals surface area contributed by atoms with Crippen LogP contribution in [-0.2, 0) is 22.9 Å². The zero-order valence-corrected chi connectivity index (χ0v) is 18.7. The molecule has 1 aliphatic rings. The van der Waals surface area contributed by atoms with Crippen molar-refractivity contribution in [2.24, 2.45) is 5.92 Å². The summed E-state index contributed by atoms with van der Waals surface area (Å²) in [5, 5.41) is 4.01. The molecule has 0 radical (unpaired) electrons. The predicted octanol–water partition coefficient (Wildman–Crippen LogP) is 4.32. The van der Waals surface area contributed by atoms with E-state index in [1.54, 1.807) is 25.1 Å². The Hall–Kier alpha value is -3.00. The smallest absolute Gasteiger partial charge is 0.257 e. The van der Waals surface area contributed by atoms with E-state index in [2.05, 4.69) is 28.0 Å². The SMILES string of the molecule is CCS(=O)(=O)Nc1ccc(NC(=O)c2cccc3c4c([nH]c23)CCC(C)C4)cc1OC. The molecule has 1 aromatic heterocycles. The zero-order chi connectivity index (χ0) is 22.2. The summed E-state index contributed by atoms with van der Waals surface area (Å²) in [6, 6.07) is 10.6. The number of H-pyrrole nitrogens is 1. The molecule has 1 aliphatic carbocycles. The molecule has 0 saturated carbocycles. The molecule has 31 heavy (non-hydrogen) atoms. The molecule has 1 atom stereocenters. The quantitative estimate of drug-likeness (QED) is 0.530. The number of rotatable bonds is 6. The second-order valence-electron chi connectivity index (χ2n) is 8.03. The number of aromatic nitrogens is 1. The lowest BCUT2D eigenvalue weighted by atomic mass is 9.87. The number of hydrogen-bond acceptors (Lipinski definition) is 4. The number of amides is 1. The number of aryl methyl sites for hydroxylation is 1. The van der Waals surface area contributed by atoms with Crippen molar-refractivity contribution >= 4 is 38.2 Å². The van der Waals surface area contributed by atoms with Crippen molar-refractivity contribution in [3.63, 3.8) is 0 Å². The van der Waals surface area contributed by atoms with Crippen LogP contribution in [0.2, 0.25) is 0 Å². The monoisotopic (exact) mass is 441 g/mol. The number of anilines is 2. The summed E-state index contributed by atoms with van der Waals surface area (Å²) in [5.41, 5.74) is 4.83. The predicted molar refractivity (Wildman–Crippen MR) is 124 cm³/mol. The lowest BCUT2D eigenvalue weighted by Gasteiger charge is -2.17. The van der Waals surface area contributed by atoms with Gasteiger partial charge in [0.15, 0.2) is 0 Å². The van der Waals surface area contributed by atoms with Gasteiger partial charge in [-0.3, -0.25) is 9.52 Å². The fourth-order valence-corrected chi connectivity index (χ4v) is 4.74. The number of aromatic amines is 1. The first-order valence-electron chi connectivity index (χ1n) is 10.4. The first kappa shape index (κ1) is 21.2. The molecule has 2 aromatic carbocycles. The summed E-state index contributed by atoms with van der Waals surface area (Å²) in [7, 11) is -1.98. The van der Waals surface area contributed by atoms with Gasteiger partial charge < -0.3 is 15.0 Å². The molecule has 0 aliphatic heterocycles. The van der Waals surface area contributed by atoms with Gasteiger partial charge >= 0.3 is 0 Å². The molecule has 0 bridgehead atoms. The standard InChI is InChI=1S/C23H27N3O4S/c1-4-31(28,29)26-20-11-9-15(13-21(20)30-3)24-23(27)17-7-5-6-16-18-12-14(2)8-10-19(18)25-22(16)17/h5-7,9,11,13-14,25-26H,4,8,10,12H2,1-3H3,(H,24,27). The Morgan fingerprint density at radius 3 is 2.81 bits per heavy atom. The van der Waals surface area contributed by atoms with Crippen molar-refractivity contribution in [3.8, 4) is 5.75 Å². The minimum atomic E-state index is -3.44. The third kappa shape index (κ3) is 4.25. The molecular formula is C23H27N3O4S. The lowest BCUT2D eigenvalue weighted by molar-refractivity contribution is 0.102. The second kappa shape index (κ2) is 8.26. The van der Waals surface area contributed by atoms with Crippen LogP contribution in [0.4, 0.5) is 11.4 Å². The Morgan fingerprint density at radius 1 is 1.26 bits per heavy atom. The fourth-order valence-electron chi connectivity index (χ4n) is 4.10. The number of nitrogens with one attached hydrogen (secondary N) is 3. The Kier molecular flexibility index (Phi) is 5.66. The molecule has 0 saturated heterocycles. The van der Waals surface area contributed by atoms with Gasteiger partial charge in [-0.05, 0) is 55.9 Å². The van der Waals surface area contributed by atoms with Crippen molar-refractivity contribution < 1.29 is 17.9 Å². The van der Waals surface area contributed by atoms with E-state index >= 15 is 0 Å². The van der Waals surface area contributed by atoms with Crippen LogP contribution < -0.4 is 14.8 Å². The largest absolute Gasteiger partial charge is 0.494 e. The van der Waals surface area contributed by atoms with Crippen LogP contribution in [0, 0.1) is 5.92 Å². The number of fused-ring (bicyclic) bond motifs is 3. The van der Waals surface area contributed by atoms with Crippen LogP contribution in [0.1, 0.15) is 41.9 Å². The lowest BCUT2D eigenvalue weighted by Crippen LogP contribution is -2.16. The summed E-state index contributed by atoms with van der Waals surface area (Å²) < 4.78 is 31.5. The second-order valence-corrected chi connectivity index (χ2v) is 10.0. The number of hydrogen-bond donors (Lipinski definition) is 3. The minimum absolute atomic E-state index is 0.0441. The Morgan fingerprint density at radius 2 is 2.06 bits per heavy atom. The highest BCUT2D eigenvalue weighted by Gasteiger charge is 2.22. The fraction of sp³-hybridized carbons (Fsp3) is 0.348. The highest BCUT2D eigenvalue weighted by Crippen LogP contribution is 2.34. The highest BCUT2D eigenvalue weighted by molar-refractivity contribution is 7.92. The van der Waals surface area contributed by atoms with Crippen LogP contribution in [0.3, 0.4) is 0 Å². The van der Waals surface area contributed by atoms with Crippen molar-refractivity contribution in [1.82, 2.24) is 4.98 Å². The van der Waals surface area contributed by atoms with Gasteiger partial charge in [0.05, 0.1) is 29.6 Å². The van der Waals surface area contributed by atoms with Gasteiger partial charge in [0, 0.05) is 22.8 Å². The van der Waals surface area contributed by atoms with E-state index in [0.29, 0.717) is 28.6 Å². The van der Waals surface area contributed by atoms with Gasteiger partial charge in [-0.25, -0.2) is 8.42 Å². The topological polar surface area (TPSA) is 100 Å². The number of methoxy groups -OCH3 is 1. The molecule has 3 N–H and O–H groups in total. The van der Waals surface area contributed by atoms with Gasteiger partial charge in [-0.2, -0.15) is 0 Å². The summed E-state index contributed by atoms with van der Waals surface area (Å²) in [4.78, 5) is 16.6. The third-order valence-electron chi connectivity index (χ3n) is 5.82. The van der Waals surface area contributed by atoms with E-state index in [9.17, 15) is 13.2 Å². The molecule has 1 heterocycles. The molecule has 1 amide bonds. The van der Waals surface area contributed by atoms with E-state index in [-0.39, 0.29) is 11.7 Å². The van der Waals surface area contributed by atoms with E-state index < -0.39 is 10.0 Å². The molecule has 1 unspecified atom stereocenters. The Bertz CT molecular complexity index is 1250. The minimum Gasteiger partial charge on any atom is -0.494 e. The number of para-hydroxylation sites is 1. The van der Waals surface area contributed by atoms with Crippen molar-refractivity contribution in [2.45, 2.75) is 33.1 Å². The average molecular weight is 442 g/mol. The van der Waals surface area contributed by atoms with E-state index in [4.69, 9.17) is 4.74 Å². The summed E-state index contributed by atoms with van der Waals surface area (Å²) >= 11 is 0. The van der Waals surface area contributed by atoms with Crippen molar-refractivity contribution in [1.29, 1.82) is 0 Å². The van der Waals surface area contributed by atoms with Gasteiger partial charge in [0.1, 0.15) is 5.75 Å². The molecule has 7 nitrogen and oxygen atoms in total. The number of carbonyl (C=O) groups is 1. The first-order chi connectivity index (χ1) is 14.8. The van der Waals surface area contributed by atoms with Crippen LogP contribution in [0.5, 0.6) is 5.75 Å². The molecule has 164 valence electrons. The Labute approximate surface area is 182 Å². The zero-order valence-electron chi connectivity index (χ0n) is 17.9. The molecule has 4 rings (SSSR count). The number of sulfonamides is 1. The maximum absolute atomic E-state index is 13.1. The van der Waals surface area contributed by atoms with Crippen molar-refractivity contribution in [2.75, 3.05) is 22.9 Å². The molecule has 0 fully saturated rings. The van der Waals surface area contributed by atoms with Gasteiger partial charge in [-0.15, -0.1) is 0 Å². The average Bonchev–Trinajstić information content (AvgIpc) is 3.12. The maximum atomic E-state index is 13.1. The van der Waals surface area contributed by atoms with E-state index in [1.165, 1.54) is 18.4 Å². The summed E-state index contributed by atoms with van der Waals surface area (Å²) in [6.45, 7) is 3.82. The summed E-state index contributed by atoms with van der Waals surface area (Å²) in [5.74, 6) is 0.691. The first-order valence-corrected chi connectivity index (χ1v) is 12.1. The van der Waals surface area contributed by atoms with Crippen LogP contribution in [-0.4, -0.2) is 32.2 Å². The van der Waals surface area contributed by atoms with E-state index in [0.717, 1.165) is 30.2 Å². The maximum Gasteiger partial charge on any atom is 0.257 e. The molecule has 3 aromatic rings. The number of ether oxygens (including phenoxy) is 1. The number of carbonyl (C=O) groups excluding carboxylic acids is 1. The highest BCUT2D eigenvalue weighted by atomic mass is 32.2. The van der Waals surface area contributed by atoms with Gasteiger partial charge in [0.25, 0.3) is 5.91 Å². The van der Waals surface area contributed by atoms with Gasteiger partial charge in [-0.1, -0.05) is 19.1 Å². The van der Waals surface area contributed by atoms with E-state index in [1.807, 2.05) is 12.1 Å². The summed E-state index contributed by atoms with van der Waals surface area (Å²) in [6.07, 6.45) is 3.17. The molecule has 8 heteroatoms.